The monoisotopic (exact) mass is 507 g/mol. The number of carbonyl (C=O) groups is 2. The molecule has 0 spiro atoms. The highest BCUT2D eigenvalue weighted by molar-refractivity contribution is 7.11. The molecule has 3 aromatic rings. The molecule has 0 atom stereocenters. The number of hydrogen-bond acceptors (Lipinski definition) is 4. The third-order valence-electron chi connectivity index (χ3n) is 6.54. The third-order valence-corrected chi connectivity index (χ3v) is 7.53. The van der Waals surface area contributed by atoms with E-state index in [2.05, 4.69) is 4.90 Å². The fraction of sp³-hybridized carbons (Fsp3) is 0.379. The standard InChI is InChI=1S/C29H34FN3O2S/c1-23-9-14-27(36-23)21-33(20-25-10-12-26(30)13-11-25)29(35)22-32(18-17-31-15-5-6-16-31)28(34)19-24-7-3-2-4-8-24/h2-4,7-14H,5-6,15-22H2,1H3. The van der Waals surface area contributed by atoms with Crippen molar-refractivity contribution in [2.75, 3.05) is 32.7 Å². The van der Waals surface area contributed by atoms with Gasteiger partial charge in [0.2, 0.25) is 11.8 Å². The molecule has 1 saturated heterocycles. The van der Waals surface area contributed by atoms with Crippen LogP contribution in [0.1, 0.15) is 33.7 Å². The van der Waals surface area contributed by atoms with Crippen molar-refractivity contribution in [2.45, 2.75) is 39.3 Å². The summed E-state index contributed by atoms with van der Waals surface area (Å²) in [6.45, 7) is 6.29. The highest BCUT2D eigenvalue weighted by Crippen LogP contribution is 2.19. The van der Waals surface area contributed by atoms with Gasteiger partial charge in [0.05, 0.1) is 19.5 Å². The van der Waals surface area contributed by atoms with Crippen LogP contribution in [-0.4, -0.2) is 59.2 Å². The van der Waals surface area contributed by atoms with Crippen molar-refractivity contribution in [3.8, 4) is 0 Å². The lowest BCUT2D eigenvalue weighted by Crippen LogP contribution is -2.45. The van der Waals surface area contributed by atoms with Gasteiger partial charge in [-0.05, 0) is 68.2 Å². The molecule has 0 unspecified atom stereocenters. The normalized spacial score (nSPS) is 13.6. The Hall–Kier alpha value is -3.03. The highest BCUT2D eigenvalue weighted by atomic mass is 32.1. The summed E-state index contributed by atoms with van der Waals surface area (Å²) in [6.07, 6.45) is 2.64. The van der Waals surface area contributed by atoms with Crippen molar-refractivity contribution < 1.29 is 14.0 Å². The molecule has 36 heavy (non-hydrogen) atoms. The van der Waals surface area contributed by atoms with Gasteiger partial charge in [-0.15, -0.1) is 11.3 Å². The number of rotatable bonds is 11. The first kappa shape index (κ1) is 26.0. The third kappa shape index (κ3) is 7.73. The summed E-state index contributed by atoms with van der Waals surface area (Å²) in [7, 11) is 0. The van der Waals surface area contributed by atoms with E-state index < -0.39 is 0 Å². The topological polar surface area (TPSA) is 43.9 Å². The second-order valence-corrected chi connectivity index (χ2v) is 10.8. The molecule has 1 aliphatic heterocycles. The Kier molecular flexibility index (Phi) is 9.25. The summed E-state index contributed by atoms with van der Waals surface area (Å²) in [5.41, 5.74) is 1.80. The molecule has 2 heterocycles. The summed E-state index contributed by atoms with van der Waals surface area (Å²) in [5.74, 6) is -0.444. The van der Waals surface area contributed by atoms with Gasteiger partial charge in [0.15, 0.2) is 0 Å². The van der Waals surface area contributed by atoms with Gasteiger partial charge in [0.1, 0.15) is 5.82 Å². The van der Waals surface area contributed by atoms with Crippen molar-refractivity contribution >= 4 is 23.2 Å². The molecule has 1 aliphatic rings. The van der Waals surface area contributed by atoms with Gasteiger partial charge in [0.25, 0.3) is 0 Å². The molecule has 190 valence electrons. The first-order valence-electron chi connectivity index (χ1n) is 12.6. The highest BCUT2D eigenvalue weighted by Gasteiger charge is 2.23. The van der Waals surface area contributed by atoms with Crippen LogP contribution < -0.4 is 0 Å². The van der Waals surface area contributed by atoms with Crippen LogP contribution in [0.5, 0.6) is 0 Å². The van der Waals surface area contributed by atoms with E-state index in [0.717, 1.165) is 35.6 Å². The fourth-order valence-corrected chi connectivity index (χ4v) is 5.41. The number of carbonyl (C=O) groups excluding carboxylic acids is 2. The Morgan fingerprint density at radius 3 is 2.25 bits per heavy atom. The molecular weight excluding hydrogens is 473 g/mol. The van der Waals surface area contributed by atoms with Gasteiger partial charge in [-0.1, -0.05) is 42.5 Å². The van der Waals surface area contributed by atoms with E-state index in [0.29, 0.717) is 19.6 Å². The van der Waals surface area contributed by atoms with Crippen LogP contribution in [0, 0.1) is 12.7 Å². The summed E-state index contributed by atoms with van der Waals surface area (Å²) in [6, 6.07) is 20.0. The first-order chi connectivity index (χ1) is 17.5. The van der Waals surface area contributed by atoms with E-state index in [9.17, 15) is 14.0 Å². The zero-order chi connectivity index (χ0) is 25.3. The predicted molar refractivity (Wildman–Crippen MR) is 142 cm³/mol. The SMILES string of the molecule is Cc1ccc(CN(Cc2ccc(F)cc2)C(=O)CN(CCN2CCCC2)C(=O)Cc2ccccc2)s1. The quantitative estimate of drug-likeness (QED) is 0.371. The fourth-order valence-electron chi connectivity index (χ4n) is 4.51. The van der Waals surface area contributed by atoms with Crippen molar-refractivity contribution in [1.29, 1.82) is 0 Å². The van der Waals surface area contributed by atoms with Crippen LogP contribution in [0.15, 0.2) is 66.7 Å². The minimum atomic E-state index is -0.301. The van der Waals surface area contributed by atoms with Crippen LogP contribution in [0.4, 0.5) is 4.39 Å². The van der Waals surface area contributed by atoms with E-state index >= 15 is 0 Å². The lowest BCUT2D eigenvalue weighted by Gasteiger charge is -2.29. The van der Waals surface area contributed by atoms with E-state index in [1.165, 1.54) is 29.9 Å². The molecule has 1 fully saturated rings. The minimum absolute atomic E-state index is 0.0328. The van der Waals surface area contributed by atoms with Crippen molar-refractivity contribution in [2.24, 2.45) is 0 Å². The largest absolute Gasteiger partial charge is 0.332 e. The van der Waals surface area contributed by atoms with Crippen LogP contribution in [0.3, 0.4) is 0 Å². The van der Waals surface area contributed by atoms with Gasteiger partial charge < -0.3 is 14.7 Å². The second-order valence-electron chi connectivity index (χ2n) is 9.42. The van der Waals surface area contributed by atoms with Gasteiger partial charge in [0, 0.05) is 29.4 Å². The van der Waals surface area contributed by atoms with E-state index in [4.69, 9.17) is 0 Å². The maximum Gasteiger partial charge on any atom is 0.242 e. The zero-order valence-electron chi connectivity index (χ0n) is 20.9. The van der Waals surface area contributed by atoms with E-state index in [-0.39, 0.29) is 30.6 Å². The molecule has 0 radical (unpaired) electrons. The van der Waals surface area contributed by atoms with E-state index in [1.807, 2.05) is 49.4 Å². The zero-order valence-corrected chi connectivity index (χ0v) is 21.7. The number of likely N-dealkylation sites (tertiary alicyclic amines) is 1. The summed E-state index contributed by atoms with van der Waals surface area (Å²) in [4.78, 5) is 35.1. The average Bonchev–Trinajstić information content (AvgIpc) is 3.54. The number of benzene rings is 2. The van der Waals surface area contributed by atoms with Crippen LogP contribution >= 0.6 is 11.3 Å². The molecule has 2 aromatic carbocycles. The van der Waals surface area contributed by atoms with Gasteiger partial charge >= 0.3 is 0 Å². The number of nitrogens with zero attached hydrogens (tertiary/aromatic N) is 3. The molecule has 0 bridgehead atoms. The predicted octanol–water partition coefficient (Wildman–Crippen LogP) is 4.89. The van der Waals surface area contributed by atoms with Crippen LogP contribution in [0.2, 0.25) is 0 Å². The molecule has 0 N–H and O–H groups in total. The van der Waals surface area contributed by atoms with Gasteiger partial charge in [-0.2, -0.15) is 0 Å². The van der Waals surface area contributed by atoms with Crippen LogP contribution in [0.25, 0.3) is 0 Å². The number of hydrogen-bond donors (Lipinski definition) is 0. The molecule has 4 rings (SSSR count). The smallest absolute Gasteiger partial charge is 0.242 e. The Balaban J connectivity index is 1.49. The van der Waals surface area contributed by atoms with Gasteiger partial charge in [-0.25, -0.2) is 4.39 Å². The Morgan fingerprint density at radius 1 is 0.861 bits per heavy atom. The lowest BCUT2D eigenvalue weighted by atomic mass is 10.1. The van der Waals surface area contributed by atoms with E-state index in [1.54, 1.807) is 33.3 Å². The maximum absolute atomic E-state index is 13.6. The molecule has 7 heteroatoms. The van der Waals surface area contributed by atoms with Crippen LogP contribution in [-0.2, 0) is 29.1 Å². The summed E-state index contributed by atoms with van der Waals surface area (Å²) in [5, 5.41) is 0. The summed E-state index contributed by atoms with van der Waals surface area (Å²) < 4.78 is 13.5. The Labute approximate surface area is 217 Å². The molecule has 1 aromatic heterocycles. The number of thiophene rings is 1. The first-order valence-corrected chi connectivity index (χ1v) is 13.4. The van der Waals surface area contributed by atoms with Crippen molar-refractivity contribution in [3.63, 3.8) is 0 Å². The number of halogens is 1. The Bertz CT molecular complexity index is 1130. The molecule has 0 saturated carbocycles. The number of aryl methyl sites for hydroxylation is 1. The molecule has 2 amide bonds. The number of amides is 2. The molecule has 5 nitrogen and oxygen atoms in total. The molecule has 0 aliphatic carbocycles. The second kappa shape index (κ2) is 12.8. The van der Waals surface area contributed by atoms with Crippen molar-refractivity contribution in [3.05, 3.63) is 93.4 Å². The lowest BCUT2D eigenvalue weighted by molar-refractivity contribution is -0.141. The minimum Gasteiger partial charge on any atom is -0.332 e. The van der Waals surface area contributed by atoms with Crippen molar-refractivity contribution in [1.82, 2.24) is 14.7 Å². The summed E-state index contributed by atoms with van der Waals surface area (Å²) >= 11 is 1.66. The maximum atomic E-state index is 13.6. The average molecular weight is 508 g/mol. The van der Waals surface area contributed by atoms with Gasteiger partial charge in [-0.3, -0.25) is 9.59 Å². The Morgan fingerprint density at radius 2 is 1.58 bits per heavy atom. The molecular formula is C29H34FN3O2S.